The molecule has 20 heavy (non-hydrogen) atoms. The largest absolute Gasteiger partial charge is 0.495 e. The van der Waals surface area contributed by atoms with Crippen LogP contribution in [-0.4, -0.2) is 32.8 Å². The molecule has 0 spiro atoms. The van der Waals surface area contributed by atoms with E-state index in [9.17, 15) is 13.5 Å². The standard InChI is InChI=1S/C12H19BrN2O4S/c1-7(4-8(2)16)15-20(17,18)12-6-10(14)9(13)5-11(12)19-3/h5-8,15-16H,4,14H2,1-3H3. The molecule has 6 nitrogen and oxygen atoms in total. The SMILES string of the molecule is COc1cc(Br)c(N)cc1S(=O)(=O)NC(C)CC(C)O. The second-order valence-corrected chi connectivity index (χ2v) is 7.17. The number of hydrogen-bond acceptors (Lipinski definition) is 5. The fourth-order valence-corrected chi connectivity index (χ4v) is 3.57. The first-order valence-electron chi connectivity index (χ1n) is 6.00. The molecule has 0 radical (unpaired) electrons. The quantitative estimate of drug-likeness (QED) is 0.661. The first kappa shape index (κ1) is 17.2. The van der Waals surface area contributed by atoms with Crippen LogP contribution in [0.15, 0.2) is 21.5 Å². The minimum Gasteiger partial charge on any atom is -0.495 e. The lowest BCUT2D eigenvalue weighted by Gasteiger charge is -2.17. The lowest BCUT2D eigenvalue weighted by Crippen LogP contribution is -2.34. The van der Waals surface area contributed by atoms with Gasteiger partial charge in [0.2, 0.25) is 10.0 Å². The Bertz CT molecular complexity index is 575. The maximum absolute atomic E-state index is 12.3. The Hall–Kier alpha value is -0.830. The Balaban J connectivity index is 3.12. The van der Waals surface area contributed by atoms with Crippen molar-refractivity contribution < 1.29 is 18.3 Å². The number of halogens is 1. The third kappa shape index (κ3) is 4.34. The molecule has 4 N–H and O–H groups in total. The molecule has 8 heteroatoms. The number of sulfonamides is 1. The van der Waals surface area contributed by atoms with Crippen LogP contribution in [0.5, 0.6) is 5.75 Å². The van der Waals surface area contributed by atoms with E-state index in [-0.39, 0.29) is 10.6 Å². The van der Waals surface area contributed by atoms with E-state index in [0.717, 1.165) is 0 Å². The lowest BCUT2D eigenvalue weighted by molar-refractivity contribution is 0.175. The number of hydrogen-bond donors (Lipinski definition) is 3. The number of rotatable bonds is 6. The number of benzene rings is 1. The summed E-state index contributed by atoms with van der Waals surface area (Å²) in [7, 11) is -2.39. The van der Waals surface area contributed by atoms with Gasteiger partial charge in [-0.2, -0.15) is 0 Å². The third-order valence-electron chi connectivity index (χ3n) is 2.62. The second-order valence-electron chi connectivity index (χ2n) is 4.63. The predicted molar refractivity (Wildman–Crippen MR) is 81.2 cm³/mol. The average Bonchev–Trinajstić information content (AvgIpc) is 2.29. The summed E-state index contributed by atoms with van der Waals surface area (Å²) in [6, 6.07) is 2.43. The molecular formula is C12H19BrN2O4S. The molecule has 1 aromatic rings. The van der Waals surface area contributed by atoms with E-state index >= 15 is 0 Å². The molecule has 0 aliphatic rings. The number of aliphatic hydroxyl groups is 1. The van der Waals surface area contributed by atoms with Crippen molar-refractivity contribution in [2.24, 2.45) is 0 Å². The third-order valence-corrected chi connectivity index (χ3v) is 4.92. The first-order chi connectivity index (χ1) is 9.17. The van der Waals surface area contributed by atoms with Crippen LogP contribution in [-0.2, 0) is 10.0 Å². The monoisotopic (exact) mass is 366 g/mol. The zero-order valence-electron chi connectivity index (χ0n) is 11.6. The van der Waals surface area contributed by atoms with Gasteiger partial charge in [-0.15, -0.1) is 0 Å². The minimum absolute atomic E-state index is 0.0295. The molecule has 0 fully saturated rings. The summed E-state index contributed by atoms with van der Waals surface area (Å²) in [6.07, 6.45) is -0.280. The van der Waals surface area contributed by atoms with Crippen molar-refractivity contribution in [1.29, 1.82) is 0 Å². The zero-order valence-corrected chi connectivity index (χ0v) is 14.0. The number of ether oxygens (including phenoxy) is 1. The van der Waals surface area contributed by atoms with Gasteiger partial charge in [0.25, 0.3) is 0 Å². The van der Waals surface area contributed by atoms with Crippen LogP contribution in [0.3, 0.4) is 0 Å². The summed E-state index contributed by atoms with van der Waals surface area (Å²) in [6.45, 7) is 3.28. The second kappa shape index (κ2) is 6.75. The van der Waals surface area contributed by atoms with Gasteiger partial charge < -0.3 is 15.6 Å². The maximum Gasteiger partial charge on any atom is 0.244 e. The van der Waals surface area contributed by atoms with Crippen LogP contribution in [0.1, 0.15) is 20.3 Å². The summed E-state index contributed by atoms with van der Waals surface area (Å²) in [4.78, 5) is -0.0295. The fraction of sp³-hybridized carbons (Fsp3) is 0.500. The Kier molecular flexibility index (Phi) is 5.81. The molecule has 0 saturated heterocycles. The van der Waals surface area contributed by atoms with Gasteiger partial charge in [0.1, 0.15) is 10.6 Å². The molecule has 2 atom stereocenters. The molecule has 0 heterocycles. The van der Waals surface area contributed by atoms with Gasteiger partial charge in [0, 0.05) is 16.2 Å². The number of nitrogens with one attached hydrogen (secondary N) is 1. The fourth-order valence-electron chi connectivity index (χ4n) is 1.81. The van der Waals surface area contributed by atoms with Crippen LogP contribution in [0.25, 0.3) is 0 Å². The summed E-state index contributed by atoms with van der Waals surface area (Å²) >= 11 is 3.22. The van der Waals surface area contributed by atoms with Crippen molar-refractivity contribution in [1.82, 2.24) is 4.72 Å². The van der Waals surface area contributed by atoms with Gasteiger partial charge >= 0.3 is 0 Å². The molecule has 0 aliphatic heterocycles. The van der Waals surface area contributed by atoms with E-state index in [2.05, 4.69) is 20.7 Å². The van der Waals surface area contributed by atoms with E-state index in [1.54, 1.807) is 13.8 Å². The maximum atomic E-state index is 12.3. The Morgan fingerprint density at radius 1 is 1.45 bits per heavy atom. The molecule has 114 valence electrons. The van der Waals surface area contributed by atoms with Crippen molar-refractivity contribution in [3.63, 3.8) is 0 Å². The highest BCUT2D eigenvalue weighted by Gasteiger charge is 2.23. The molecule has 0 amide bonds. The number of nitrogens with two attached hydrogens (primary N) is 1. The van der Waals surface area contributed by atoms with E-state index in [0.29, 0.717) is 16.6 Å². The molecule has 0 aromatic heterocycles. The Morgan fingerprint density at radius 2 is 2.05 bits per heavy atom. The van der Waals surface area contributed by atoms with Gasteiger partial charge in [-0.05, 0) is 48.3 Å². The minimum atomic E-state index is -3.77. The highest BCUT2D eigenvalue weighted by molar-refractivity contribution is 9.10. The number of anilines is 1. The normalized spacial score (nSPS) is 14.8. The van der Waals surface area contributed by atoms with Crippen molar-refractivity contribution >= 4 is 31.6 Å². The van der Waals surface area contributed by atoms with Crippen molar-refractivity contribution in [3.8, 4) is 5.75 Å². The Labute approximate surface area is 127 Å². The van der Waals surface area contributed by atoms with Crippen molar-refractivity contribution in [2.75, 3.05) is 12.8 Å². The van der Waals surface area contributed by atoms with Gasteiger partial charge in [0.15, 0.2) is 0 Å². The smallest absolute Gasteiger partial charge is 0.244 e. The van der Waals surface area contributed by atoms with Gasteiger partial charge in [0.05, 0.1) is 13.2 Å². The van der Waals surface area contributed by atoms with E-state index in [4.69, 9.17) is 10.5 Å². The predicted octanol–water partition coefficient (Wildman–Crippen LogP) is 1.48. The highest BCUT2D eigenvalue weighted by atomic mass is 79.9. The van der Waals surface area contributed by atoms with Crippen LogP contribution in [0, 0.1) is 0 Å². The number of nitrogen functional groups attached to an aromatic ring is 1. The summed E-state index contributed by atoms with van der Waals surface area (Å²) in [5.41, 5.74) is 6.02. The van der Waals surface area contributed by atoms with Gasteiger partial charge in [-0.3, -0.25) is 0 Å². The van der Waals surface area contributed by atoms with Crippen molar-refractivity contribution in [2.45, 2.75) is 37.3 Å². The summed E-state index contributed by atoms with van der Waals surface area (Å²) in [5.74, 6) is 0.197. The number of aliphatic hydroxyl groups excluding tert-OH is 1. The van der Waals surface area contributed by atoms with Crippen LogP contribution < -0.4 is 15.2 Å². The molecule has 2 unspecified atom stereocenters. The van der Waals surface area contributed by atoms with E-state index < -0.39 is 22.2 Å². The lowest BCUT2D eigenvalue weighted by atomic mass is 10.2. The highest BCUT2D eigenvalue weighted by Crippen LogP contribution is 2.32. The van der Waals surface area contributed by atoms with Crippen LogP contribution >= 0.6 is 15.9 Å². The Morgan fingerprint density at radius 3 is 2.55 bits per heavy atom. The topological polar surface area (TPSA) is 102 Å². The van der Waals surface area contributed by atoms with E-state index in [1.165, 1.54) is 19.2 Å². The molecule has 1 aromatic carbocycles. The number of methoxy groups -OCH3 is 1. The van der Waals surface area contributed by atoms with E-state index in [1.807, 2.05) is 0 Å². The first-order valence-corrected chi connectivity index (χ1v) is 8.28. The average molecular weight is 367 g/mol. The van der Waals surface area contributed by atoms with Gasteiger partial charge in [-0.1, -0.05) is 0 Å². The van der Waals surface area contributed by atoms with Gasteiger partial charge in [-0.25, -0.2) is 13.1 Å². The molecule has 1 rings (SSSR count). The van der Waals surface area contributed by atoms with Crippen LogP contribution in [0.4, 0.5) is 5.69 Å². The summed E-state index contributed by atoms with van der Waals surface area (Å²) < 4.78 is 32.8. The van der Waals surface area contributed by atoms with Crippen LogP contribution in [0.2, 0.25) is 0 Å². The molecule has 0 aliphatic carbocycles. The zero-order chi connectivity index (χ0) is 15.5. The molecule has 0 saturated carbocycles. The summed E-state index contributed by atoms with van der Waals surface area (Å²) in [5, 5.41) is 9.29. The molecule has 0 bridgehead atoms. The van der Waals surface area contributed by atoms with Crippen molar-refractivity contribution in [3.05, 3.63) is 16.6 Å². The molecular weight excluding hydrogens is 348 g/mol.